The largest absolute Gasteiger partial charge is 0.496 e. The summed E-state index contributed by atoms with van der Waals surface area (Å²) in [5.74, 6) is 0.346. The monoisotopic (exact) mass is 469 g/mol. The molecular weight excluding hydrogens is 463 g/mol. The molecule has 0 aliphatic rings. The lowest BCUT2D eigenvalue weighted by molar-refractivity contribution is 0.416. The number of ether oxygens (including phenoxy) is 1. The van der Waals surface area contributed by atoms with Crippen LogP contribution in [0.1, 0.15) is 11.6 Å². The van der Waals surface area contributed by atoms with Gasteiger partial charge in [-0.3, -0.25) is 0 Å². The lowest BCUT2D eigenvalue weighted by Crippen LogP contribution is -2.17. The van der Waals surface area contributed by atoms with Crippen LogP contribution in [-0.4, -0.2) is 22.1 Å². The highest BCUT2D eigenvalue weighted by Crippen LogP contribution is 2.42. The van der Waals surface area contributed by atoms with Gasteiger partial charge in [-0.2, -0.15) is 0 Å². The zero-order chi connectivity index (χ0) is 19.1. The molecule has 0 unspecified atom stereocenters. The van der Waals surface area contributed by atoms with E-state index in [0.29, 0.717) is 11.3 Å². The topological polar surface area (TPSA) is 47.9 Å². The van der Waals surface area contributed by atoms with Crippen LogP contribution in [-0.2, 0) is 7.59 Å². The van der Waals surface area contributed by atoms with E-state index in [0.717, 1.165) is 10.8 Å². The predicted octanol–water partition coefficient (Wildman–Crippen LogP) is 6.35. The van der Waals surface area contributed by atoms with E-state index in [1.807, 2.05) is 36.4 Å². The van der Waals surface area contributed by atoms with Crippen LogP contribution in [0.25, 0.3) is 22.2 Å². The van der Waals surface area contributed by atoms with Crippen molar-refractivity contribution in [2.75, 3.05) is 7.11 Å². The Labute approximate surface area is 179 Å². The van der Waals surface area contributed by atoms with Crippen LogP contribution >= 0.6 is 69.6 Å². The molecule has 0 atom stereocenters. The van der Waals surface area contributed by atoms with Gasteiger partial charge in [0.25, 0.3) is 0 Å². The quantitative estimate of drug-likeness (QED) is 0.408. The second-order valence-electron chi connectivity index (χ2n) is 5.20. The molecule has 1 heterocycles. The highest BCUT2D eigenvalue weighted by molar-refractivity contribution is 6.67. The number of benzene rings is 2. The standard InChI is InChI=1S/C16H9Cl6N3O/c1-26-11-7-9-5-3-2-4-8(9)6-10(11)12-23-13(15(17,18)19)25-14(24-12)16(20,21)22/h2-7H,1H3. The van der Waals surface area contributed by atoms with Crippen molar-refractivity contribution in [3.05, 3.63) is 48.0 Å². The third-order valence-corrected chi connectivity index (χ3v) is 4.47. The van der Waals surface area contributed by atoms with Crippen molar-refractivity contribution in [1.29, 1.82) is 0 Å². The van der Waals surface area contributed by atoms with Gasteiger partial charge in [-0.25, -0.2) is 15.0 Å². The van der Waals surface area contributed by atoms with E-state index in [2.05, 4.69) is 15.0 Å². The molecule has 0 fully saturated rings. The molecule has 2 aromatic carbocycles. The molecule has 0 radical (unpaired) electrons. The Morgan fingerprint density at radius 3 is 1.73 bits per heavy atom. The number of halogens is 6. The molecule has 0 aliphatic heterocycles. The molecule has 26 heavy (non-hydrogen) atoms. The molecular formula is C16H9Cl6N3O. The molecule has 1 aromatic heterocycles. The highest BCUT2D eigenvalue weighted by Gasteiger charge is 2.34. The van der Waals surface area contributed by atoms with E-state index in [-0.39, 0.29) is 17.5 Å². The molecule has 3 aromatic rings. The van der Waals surface area contributed by atoms with Gasteiger partial charge in [0.15, 0.2) is 17.5 Å². The number of alkyl halides is 6. The molecule has 0 aliphatic carbocycles. The summed E-state index contributed by atoms with van der Waals surface area (Å²) in [5, 5.41) is 1.92. The molecule has 0 N–H and O–H groups in total. The molecule has 0 saturated carbocycles. The van der Waals surface area contributed by atoms with Crippen molar-refractivity contribution in [1.82, 2.24) is 15.0 Å². The fourth-order valence-electron chi connectivity index (χ4n) is 2.31. The van der Waals surface area contributed by atoms with E-state index in [1.54, 1.807) is 0 Å². The normalized spacial score (nSPS) is 12.4. The van der Waals surface area contributed by atoms with Gasteiger partial charge in [0.05, 0.1) is 12.7 Å². The third kappa shape index (κ3) is 4.22. The second-order valence-corrected chi connectivity index (χ2v) is 9.76. The molecule has 3 rings (SSSR count). The van der Waals surface area contributed by atoms with Crippen LogP contribution in [0.4, 0.5) is 0 Å². The SMILES string of the molecule is COc1cc2ccccc2cc1-c1nc(C(Cl)(Cl)Cl)nc(C(Cl)(Cl)Cl)n1. The fourth-order valence-corrected chi connectivity index (χ4v) is 2.82. The first kappa shape index (κ1) is 20.0. The number of methoxy groups -OCH3 is 1. The second kappa shape index (κ2) is 7.34. The van der Waals surface area contributed by atoms with Crippen LogP contribution in [0.3, 0.4) is 0 Å². The average Bonchev–Trinajstić information content (AvgIpc) is 2.58. The number of hydrogen-bond donors (Lipinski definition) is 0. The predicted molar refractivity (Wildman–Crippen MR) is 108 cm³/mol. The number of fused-ring (bicyclic) bond motifs is 1. The fraction of sp³-hybridized carbons (Fsp3) is 0.188. The van der Waals surface area contributed by atoms with Crippen molar-refractivity contribution in [3.8, 4) is 17.1 Å². The molecule has 10 heteroatoms. The summed E-state index contributed by atoms with van der Waals surface area (Å²) in [6, 6.07) is 11.4. The molecule has 0 saturated heterocycles. The average molecular weight is 472 g/mol. The van der Waals surface area contributed by atoms with Crippen molar-refractivity contribution in [2.24, 2.45) is 0 Å². The maximum atomic E-state index is 5.93. The van der Waals surface area contributed by atoms with Crippen molar-refractivity contribution in [2.45, 2.75) is 7.59 Å². The minimum Gasteiger partial charge on any atom is -0.496 e. The lowest BCUT2D eigenvalue weighted by atomic mass is 10.1. The summed E-state index contributed by atoms with van der Waals surface area (Å²) in [7, 11) is 1.53. The Balaban J connectivity index is 2.30. The first-order chi connectivity index (χ1) is 12.1. The van der Waals surface area contributed by atoms with E-state index in [9.17, 15) is 0 Å². The van der Waals surface area contributed by atoms with Gasteiger partial charge >= 0.3 is 0 Å². The van der Waals surface area contributed by atoms with E-state index in [4.69, 9.17) is 74.3 Å². The minimum atomic E-state index is -1.92. The van der Waals surface area contributed by atoms with Crippen LogP contribution in [0.5, 0.6) is 5.75 Å². The van der Waals surface area contributed by atoms with Gasteiger partial charge in [-0.05, 0) is 22.9 Å². The summed E-state index contributed by atoms with van der Waals surface area (Å²) in [4.78, 5) is 12.4. The zero-order valence-corrected chi connectivity index (χ0v) is 17.5. The Hall–Kier alpha value is -0.750. The number of rotatable bonds is 2. The molecule has 0 bridgehead atoms. The summed E-state index contributed by atoms with van der Waals surface area (Å²) in [6.07, 6.45) is 0. The van der Waals surface area contributed by atoms with Gasteiger partial charge in [0.1, 0.15) is 5.75 Å². The summed E-state index contributed by atoms with van der Waals surface area (Å²) >= 11 is 35.6. The van der Waals surface area contributed by atoms with Crippen LogP contribution in [0, 0.1) is 0 Å². The summed E-state index contributed by atoms with van der Waals surface area (Å²) in [6.45, 7) is 0. The van der Waals surface area contributed by atoms with Gasteiger partial charge in [-0.15, -0.1) is 0 Å². The van der Waals surface area contributed by atoms with Gasteiger partial charge in [0.2, 0.25) is 7.59 Å². The summed E-state index contributed by atoms with van der Waals surface area (Å²) in [5.41, 5.74) is 0.541. The van der Waals surface area contributed by atoms with Gasteiger partial charge < -0.3 is 4.74 Å². The molecule has 136 valence electrons. The number of hydrogen-bond acceptors (Lipinski definition) is 4. The molecule has 4 nitrogen and oxygen atoms in total. The first-order valence-corrected chi connectivity index (χ1v) is 9.34. The third-order valence-electron chi connectivity index (χ3n) is 3.45. The van der Waals surface area contributed by atoms with Gasteiger partial charge in [0, 0.05) is 0 Å². The van der Waals surface area contributed by atoms with Crippen molar-refractivity contribution < 1.29 is 4.74 Å². The minimum absolute atomic E-state index is 0.158. The van der Waals surface area contributed by atoms with Crippen molar-refractivity contribution >= 4 is 80.4 Å². The van der Waals surface area contributed by atoms with E-state index < -0.39 is 7.59 Å². The van der Waals surface area contributed by atoms with Crippen molar-refractivity contribution in [3.63, 3.8) is 0 Å². The molecule has 0 amide bonds. The Bertz CT molecular complexity index is 936. The maximum Gasteiger partial charge on any atom is 0.250 e. The number of aromatic nitrogens is 3. The van der Waals surface area contributed by atoms with Crippen LogP contribution < -0.4 is 4.74 Å². The maximum absolute atomic E-state index is 5.93. The Morgan fingerprint density at radius 1 is 0.769 bits per heavy atom. The highest BCUT2D eigenvalue weighted by atomic mass is 35.6. The smallest absolute Gasteiger partial charge is 0.250 e. The number of nitrogens with zero attached hydrogens (tertiary/aromatic N) is 3. The first-order valence-electron chi connectivity index (χ1n) is 7.07. The zero-order valence-electron chi connectivity index (χ0n) is 13.0. The van der Waals surface area contributed by atoms with Gasteiger partial charge in [-0.1, -0.05) is 93.9 Å². The Kier molecular flexibility index (Phi) is 5.65. The lowest BCUT2D eigenvalue weighted by Gasteiger charge is -2.17. The Morgan fingerprint density at radius 2 is 1.27 bits per heavy atom. The van der Waals surface area contributed by atoms with Crippen LogP contribution in [0.2, 0.25) is 0 Å². The molecule has 0 spiro atoms. The van der Waals surface area contributed by atoms with Crippen LogP contribution in [0.15, 0.2) is 36.4 Å². The summed E-state index contributed by atoms with van der Waals surface area (Å²) < 4.78 is 1.61. The van der Waals surface area contributed by atoms with E-state index >= 15 is 0 Å². The van der Waals surface area contributed by atoms with E-state index in [1.165, 1.54) is 7.11 Å².